The molecule has 7 nitrogen and oxygen atoms in total. The Labute approximate surface area is 171 Å². The molecule has 0 saturated heterocycles. The molecule has 2 aromatic heterocycles. The van der Waals surface area contributed by atoms with Crippen molar-refractivity contribution in [3.8, 4) is 0 Å². The zero-order valence-corrected chi connectivity index (χ0v) is 16.4. The van der Waals surface area contributed by atoms with E-state index in [0.717, 1.165) is 36.1 Å². The zero-order chi connectivity index (χ0) is 21.9. The second kappa shape index (κ2) is 8.76. The fourth-order valence-electron chi connectivity index (χ4n) is 3.13. The van der Waals surface area contributed by atoms with E-state index in [2.05, 4.69) is 11.0 Å². The molecule has 4 rings (SSSR count). The molecule has 0 bridgehead atoms. The number of amides is 1. The molecule has 0 spiro atoms. The number of anilines is 1. The van der Waals surface area contributed by atoms with Gasteiger partial charge in [0.25, 0.3) is 5.91 Å². The van der Waals surface area contributed by atoms with Crippen molar-refractivity contribution in [1.82, 2.24) is 9.88 Å². The summed E-state index contributed by atoms with van der Waals surface area (Å²) < 4.78 is 36.8. The number of alkyl halides is 3. The van der Waals surface area contributed by atoms with E-state index in [1.165, 1.54) is 19.1 Å². The second-order valence-corrected chi connectivity index (χ2v) is 7.37. The number of aliphatic carboxylic acids is 1. The van der Waals surface area contributed by atoms with Crippen molar-refractivity contribution >= 4 is 17.7 Å². The highest BCUT2D eigenvalue weighted by atomic mass is 19.4. The molecule has 10 heteroatoms. The zero-order valence-electron chi connectivity index (χ0n) is 16.4. The van der Waals surface area contributed by atoms with Gasteiger partial charge >= 0.3 is 12.1 Å². The third-order valence-corrected chi connectivity index (χ3v) is 4.87. The third-order valence-electron chi connectivity index (χ3n) is 4.87. The minimum atomic E-state index is -5.08. The van der Waals surface area contributed by atoms with E-state index in [9.17, 15) is 18.0 Å². The van der Waals surface area contributed by atoms with E-state index in [0.29, 0.717) is 18.7 Å². The van der Waals surface area contributed by atoms with Crippen molar-refractivity contribution in [2.24, 2.45) is 5.92 Å². The summed E-state index contributed by atoms with van der Waals surface area (Å²) in [4.78, 5) is 30.6. The highest BCUT2D eigenvalue weighted by molar-refractivity contribution is 5.94. The smallest absolute Gasteiger partial charge is 0.475 e. The van der Waals surface area contributed by atoms with Crippen molar-refractivity contribution in [2.45, 2.75) is 32.5 Å². The summed E-state index contributed by atoms with van der Waals surface area (Å²) in [6.45, 7) is 5.23. The Morgan fingerprint density at radius 1 is 1.23 bits per heavy atom. The van der Waals surface area contributed by atoms with Gasteiger partial charge in [-0.15, -0.1) is 0 Å². The minimum Gasteiger partial charge on any atom is -0.475 e. The van der Waals surface area contributed by atoms with Crippen LogP contribution in [0.5, 0.6) is 0 Å². The fourth-order valence-corrected chi connectivity index (χ4v) is 3.13. The number of carboxylic acid groups (broad SMARTS) is 1. The van der Waals surface area contributed by atoms with E-state index >= 15 is 0 Å². The van der Waals surface area contributed by atoms with Gasteiger partial charge in [-0.05, 0) is 37.8 Å². The third kappa shape index (κ3) is 5.52. The standard InChI is InChI=1S/C18H21N3O2.C2HF3O2/c1-13-2-5-15-11-21(18(22)16-6-9-23-12-16)8-7-20(17(15)19-13)10-14-3-4-14;3-2(4,5)1(6)7/h2,5-6,9,12,14H,3-4,7-8,10-11H2,1H3;(H,6,7). The van der Waals surface area contributed by atoms with Gasteiger partial charge in [0.2, 0.25) is 0 Å². The summed E-state index contributed by atoms with van der Waals surface area (Å²) in [5.74, 6) is -0.883. The largest absolute Gasteiger partial charge is 0.490 e. The number of aryl methyl sites for hydroxylation is 1. The highest BCUT2D eigenvalue weighted by Gasteiger charge is 2.38. The van der Waals surface area contributed by atoms with Gasteiger partial charge in [0.15, 0.2) is 0 Å². The first-order chi connectivity index (χ1) is 14.1. The predicted molar refractivity (Wildman–Crippen MR) is 101 cm³/mol. The van der Waals surface area contributed by atoms with Crippen molar-refractivity contribution in [1.29, 1.82) is 0 Å². The van der Waals surface area contributed by atoms with Crippen LogP contribution in [0.2, 0.25) is 0 Å². The van der Waals surface area contributed by atoms with Crippen LogP contribution in [0.4, 0.5) is 19.0 Å². The average molecular weight is 425 g/mol. The monoisotopic (exact) mass is 425 g/mol. The Morgan fingerprint density at radius 3 is 2.50 bits per heavy atom. The van der Waals surface area contributed by atoms with Crippen LogP contribution in [0, 0.1) is 12.8 Å². The second-order valence-electron chi connectivity index (χ2n) is 7.37. The normalized spacial score (nSPS) is 16.3. The van der Waals surface area contributed by atoms with E-state index in [4.69, 9.17) is 19.3 Å². The maximum absolute atomic E-state index is 12.7. The van der Waals surface area contributed by atoms with E-state index in [-0.39, 0.29) is 5.91 Å². The Morgan fingerprint density at radius 2 is 1.93 bits per heavy atom. The molecule has 1 aliphatic carbocycles. The number of pyridine rings is 1. The summed E-state index contributed by atoms with van der Waals surface area (Å²) in [6, 6.07) is 5.86. The summed E-state index contributed by atoms with van der Waals surface area (Å²) in [6.07, 6.45) is 0.609. The van der Waals surface area contributed by atoms with Crippen LogP contribution in [-0.4, -0.2) is 52.7 Å². The summed E-state index contributed by atoms with van der Waals surface area (Å²) >= 11 is 0. The summed E-state index contributed by atoms with van der Waals surface area (Å²) in [7, 11) is 0. The topological polar surface area (TPSA) is 86.9 Å². The number of halogens is 3. The molecule has 1 saturated carbocycles. The number of carbonyl (C=O) groups is 2. The summed E-state index contributed by atoms with van der Waals surface area (Å²) in [5.41, 5.74) is 2.77. The number of rotatable bonds is 3. The minimum absolute atomic E-state index is 0.0264. The Bertz CT molecular complexity index is 895. The molecule has 162 valence electrons. The molecule has 3 heterocycles. The van der Waals surface area contributed by atoms with Crippen LogP contribution < -0.4 is 4.90 Å². The highest BCUT2D eigenvalue weighted by Crippen LogP contribution is 2.33. The molecule has 30 heavy (non-hydrogen) atoms. The molecule has 0 unspecified atom stereocenters. The molecule has 0 atom stereocenters. The number of nitrogens with zero attached hydrogens (tertiary/aromatic N) is 3. The lowest BCUT2D eigenvalue weighted by Crippen LogP contribution is -2.36. The molecule has 0 radical (unpaired) electrons. The SMILES string of the molecule is Cc1ccc2c(n1)N(CC1CC1)CCN(C(=O)c1ccoc1)C2.O=C(O)C(F)(F)F. The molecule has 0 aromatic carbocycles. The lowest BCUT2D eigenvalue weighted by Gasteiger charge is -2.24. The first-order valence-corrected chi connectivity index (χ1v) is 9.48. The molecule has 2 aliphatic rings. The number of hydrogen-bond donors (Lipinski definition) is 1. The molecule has 1 amide bonds. The van der Waals surface area contributed by atoms with Crippen LogP contribution >= 0.6 is 0 Å². The molecule has 2 aromatic rings. The number of furan rings is 1. The molecule has 1 N–H and O–H groups in total. The predicted octanol–water partition coefficient (Wildman–Crippen LogP) is 3.49. The number of carboxylic acids is 1. The maximum Gasteiger partial charge on any atom is 0.490 e. The van der Waals surface area contributed by atoms with Crippen LogP contribution in [0.3, 0.4) is 0 Å². The van der Waals surface area contributed by atoms with E-state index < -0.39 is 12.1 Å². The number of aromatic nitrogens is 1. The lowest BCUT2D eigenvalue weighted by molar-refractivity contribution is -0.192. The first kappa shape index (κ1) is 21.7. The number of carbonyl (C=O) groups excluding carboxylic acids is 1. The molecular weight excluding hydrogens is 403 g/mol. The lowest BCUT2D eigenvalue weighted by atomic mass is 10.2. The van der Waals surface area contributed by atoms with E-state index in [1.807, 2.05) is 17.9 Å². The van der Waals surface area contributed by atoms with Gasteiger partial charge in [-0.1, -0.05) is 6.07 Å². The molecular formula is C20H22F3N3O4. The van der Waals surface area contributed by atoms with Gasteiger partial charge in [-0.25, -0.2) is 9.78 Å². The van der Waals surface area contributed by atoms with Crippen molar-refractivity contribution < 1.29 is 32.3 Å². The molecule has 1 fully saturated rings. The van der Waals surface area contributed by atoms with Gasteiger partial charge in [0.05, 0.1) is 11.8 Å². The first-order valence-electron chi connectivity index (χ1n) is 9.48. The van der Waals surface area contributed by atoms with Gasteiger partial charge in [-0.3, -0.25) is 4.79 Å². The number of fused-ring (bicyclic) bond motifs is 1. The molecule has 1 aliphatic heterocycles. The van der Waals surface area contributed by atoms with E-state index in [1.54, 1.807) is 12.3 Å². The van der Waals surface area contributed by atoms with Gasteiger partial charge in [0, 0.05) is 37.4 Å². The Hall–Kier alpha value is -3.04. The van der Waals surface area contributed by atoms with Crippen molar-refractivity contribution in [2.75, 3.05) is 24.5 Å². The van der Waals surface area contributed by atoms with Crippen LogP contribution in [0.1, 0.15) is 34.5 Å². The van der Waals surface area contributed by atoms with Crippen molar-refractivity contribution in [3.63, 3.8) is 0 Å². The van der Waals surface area contributed by atoms with Gasteiger partial charge < -0.3 is 19.3 Å². The summed E-state index contributed by atoms with van der Waals surface area (Å²) in [5, 5.41) is 7.12. The van der Waals surface area contributed by atoms with Gasteiger partial charge in [0.1, 0.15) is 12.1 Å². The Balaban J connectivity index is 0.000000318. The van der Waals surface area contributed by atoms with Crippen molar-refractivity contribution in [3.05, 3.63) is 47.5 Å². The van der Waals surface area contributed by atoms with Gasteiger partial charge in [-0.2, -0.15) is 13.2 Å². The van der Waals surface area contributed by atoms with Crippen LogP contribution in [0.15, 0.2) is 35.1 Å². The number of hydrogen-bond acceptors (Lipinski definition) is 5. The average Bonchev–Trinajstić information content (AvgIpc) is 3.37. The fraction of sp³-hybridized carbons (Fsp3) is 0.450. The van der Waals surface area contributed by atoms with Crippen LogP contribution in [-0.2, 0) is 11.3 Å². The Kier molecular flexibility index (Phi) is 6.33. The quantitative estimate of drug-likeness (QED) is 0.810. The van der Waals surface area contributed by atoms with Crippen LogP contribution in [0.25, 0.3) is 0 Å². The maximum atomic E-state index is 12.7.